The molecule has 3 rings (SSSR count). The molecule has 0 unspecified atom stereocenters. The van der Waals surface area contributed by atoms with Crippen molar-refractivity contribution in [3.63, 3.8) is 0 Å². The lowest BCUT2D eigenvalue weighted by atomic mass is 10.3. The van der Waals surface area contributed by atoms with Gasteiger partial charge in [0.2, 0.25) is 0 Å². The maximum atomic E-state index is 4.32. The summed E-state index contributed by atoms with van der Waals surface area (Å²) in [6.45, 7) is 0. The third-order valence-corrected chi connectivity index (χ3v) is 2.14. The van der Waals surface area contributed by atoms with Gasteiger partial charge in [0, 0.05) is 0 Å². The minimum Gasteiger partial charge on any atom is -0.296 e. The number of halogens is 1. The van der Waals surface area contributed by atoms with Gasteiger partial charge in [-0.2, -0.15) is 0 Å². The third kappa shape index (κ3) is 1.14. The SMILES string of the molecule is Cl.c1ccc2c(c1)ncc1cncn12. The van der Waals surface area contributed by atoms with Crippen LogP contribution in [0.5, 0.6) is 0 Å². The van der Waals surface area contributed by atoms with Crippen molar-refractivity contribution in [3.05, 3.63) is 43.0 Å². The molecule has 0 bridgehead atoms. The van der Waals surface area contributed by atoms with Crippen molar-refractivity contribution < 1.29 is 0 Å². The molecule has 0 amide bonds. The first-order valence-electron chi connectivity index (χ1n) is 4.11. The van der Waals surface area contributed by atoms with E-state index < -0.39 is 0 Å². The van der Waals surface area contributed by atoms with Crippen LogP contribution in [0.3, 0.4) is 0 Å². The van der Waals surface area contributed by atoms with Gasteiger partial charge in [0.25, 0.3) is 0 Å². The fourth-order valence-corrected chi connectivity index (χ4v) is 1.51. The van der Waals surface area contributed by atoms with Crippen molar-refractivity contribution in [2.75, 3.05) is 0 Å². The molecular weight excluding hydrogens is 198 g/mol. The highest BCUT2D eigenvalue weighted by molar-refractivity contribution is 5.85. The van der Waals surface area contributed by atoms with E-state index in [1.54, 1.807) is 12.5 Å². The summed E-state index contributed by atoms with van der Waals surface area (Å²) in [5.41, 5.74) is 3.12. The summed E-state index contributed by atoms with van der Waals surface area (Å²) >= 11 is 0. The van der Waals surface area contributed by atoms with Crippen LogP contribution in [0, 0.1) is 0 Å². The molecule has 0 aliphatic rings. The fraction of sp³-hybridized carbons (Fsp3) is 0. The molecular formula is C10H8ClN3. The maximum absolute atomic E-state index is 4.32. The zero-order valence-corrected chi connectivity index (χ0v) is 8.11. The summed E-state index contributed by atoms with van der Waals surface area (Å²) in [7, 11) is 0. The molecule has 0 aliphatic carbocycles. The molecule has 70 valence electrons. The Morgan fingerprint density at radius 3 is 2.86 bits per heavy atom. The third-order valence-electron chi connectivity index (χ3n) is 2.14. The molecule has 0 radical (unpaired) electrons. The van der Waals surface area contributed by atoms with E-state index in [-0.39, 0.29) is 12.4 Å². The number of nitrogens with zero attached hydrogens (tertiary/aromatic N) is 3. The Morgan fingerprint density at radius 2 is 1.93 bits per heavy atom. The van der Waals surface area contributed by atoms with Crippen LogP contribution in [-0.4, -0.2) is 14.4 Å². The van der Waals surface area contributed by atoms with Gasteiger partial charge in [-0.1, -0.05) is 12.1 Å². The Hall–Kier alpha value is -1.61. The van der Waals surface area contributed by atoms with E-state index in [4.69, 9.17) is 0 Å². The van der Waals surface area contributed by atoms with Crippen molar-refractivity contribution in [1.29, 1.82) is 0 Å². The highest BCUT2D eigenvalue weighted by Crippen LogP contribution is 2.12. The Balaban J connectivity index is 0.000000750. The number of hydrogen-bond donors (Lipinski definition) is 0. The fourth-order valence-electron chi connectivity index (χ4n) is 1.51. The first-order valence-corrected chi connectivity index (χ1v) is 4.11. The molecule has 3 nitrogen and oxygen atoms in total. The van der Waals surface area contributed by atoms with Gasteiger partial charge < -0.3 is 0 Å². The van der Waals surface area contributed by atoms with Gasteiger partial charge in [-0.25, -0.2) is 4.98 Å². The van der Waals surface area contributed by atoms with Gasteiger partial charge in [-0.3, -0.25) is 9.38 Å². The zero-order valence-electron chi connectivity index (χ0n) is 7.29. The van der Waals surface area contributed by atoms with E-state index in [2.05, 4.69) is 9.97 Å². The number of rotatable bonds is 0. The van der Waals surface area contributed by atoms with Gasteiger partial charge in [0.15, 0.2) is 0 Å². The van der Waals surface area contributed by atoms with Gasteiger partial charge in [-0.15, -0.1) is 12.4 Å². The zero-order chi connectivity index (χ0) is 8.67. The second-order valence-corrected chi connectivity index (χ2v) is 2.94. The standard InChI is InChI=1S/C10H7N3.ClH/c1-2-4-10-9(3-1)12-6-8-5-11-7-13(8)10;/h1-7H;1H. The van der Waals surface area contributed by atoms with E-state index in [1.165, 1.54) is 0 Å². The molecule has 0 spiro atoms. The monoisotopic (exact) mass is 205 g/mol. The molecule has 4 heteroatoms. The van der Waals surface area contributed by atoms with E-state index in [0.717, 1.165) is 16.6 Å². The smallest absolute Gasteiger partial charge is 0.0998 e. The lowest BCUT2D eigenvalue weighted by molar-refractivity contribution is 1.19. The highest BCUT2D eigenvalue weighted by atomic mass is 35.5. The molecule has 0 fully saturated rings. The van der Waals surface area contributed by atoms with E-state index in [1.807, 2.05) is 34.9 Å². The summed E-state index contributed by atoms with van der Waals surface area (Å²) in [6.07, 6.45) is 5.44. The first kappa shape index (κ1) is 8.97. The molecule has 1 aromatic carbocycles. The molecule has 14 heavy (non-hydrogen) atoms. The Bertz CT molecular complexity index is 573. The summed E-state index contributed by atoms with van der Waals surface area (Å²) in [6, 6.07) is 8.02. The number of benzene rings is 1. The second kappa shape index (κ2) is 3.27. The van der Waals surface area contributed by atoms with Crippen LogP contribution >= 0.6 is 12.4 Å². The Kier molecular flexibility index (Phi) is 2.09. The molecule has 0 N–H and O–H groups in total. The lowest BCUT2D eigenvalue weighted by Gasteiger charge is -1.99. The van der Waals surface area contributed by atoms with E-state index >= 15 is 0 Å². The molecule has 0 saturated carbocycles. The number of aromatic nitrogens is 3. The van der Waals surface area contributed by atoms with Crippen LogP contribution < -0.4 is 0 Å². The van der Waals surface area contributed by atoms with Gasteiger partial charge >= 0.3 is 0 Å². The summed E-state index contributed by atoms with van der Waals surface area (Å²) in [4.78, 5) is 8.40. The van der Waals surface area contributed by atoms with Crippen LogP contribution in [0.15, 0.2) is 43.0 Å². The molecule has 0 aliphatic heterocycles. The molecule has 2 heterocycles. The number of imidazole rings is 1. The number of hydrogen-bond acceptors (Lipinski definition) is 2. The molecule has 3 aromatic rings. The molecule has 0 atom stereocenters. The quantitative estimate of drug-likeness (QED) is 0.564. The summed E-state index contributed by atoms with van der Waals surface area (Å²) in [5, 5.41) is 0. The predicted octanol–water partition coefficient (Wildman–Crippen LogP) is 2.30. The normalized spacial score (nSPS) is 10.3. The van der Waals surface area contributed by atoms with Crippen molar-refractivity contribution in [1.82, 2.24) is 14.4 Å². The Morgan fingerprint density at radius 1 is 1.07 bits per heavy atom. The maximum Gasteiger partial charge on any atom is 0.0998 e. The topological polar surface area (TPSA) is 30.2 Å². The van der Waals surface area contributed by atoms with Crippen LogP contribution in [0.2, 0.25) is 0 Å². The van der Waals surface area contributed by atoms with Gasteiger partial charge in [0.05, 0.1) is 35.3 Å². The number of para-hydroxylation sites is 2. The van der Waals surface area contributed by atoms with Crippen molar-refractivity contribution in [2.24, 2.45) is 0 Å². The number of fused-ring (bicyclic) bond motifs is 3. The van der Waals surface area contributed by atoms with E-state index in [9.17, 15) is 0 Å². The summed E-state index contributed by atoms with van der Waals surface area (Å²) < 4.78 is 2.03. The lowest BCUT2D eigenvalue weighted by Crippen LogP contribution is -1.87. The highest BCUT2D eigenvalue weighted by Gasteiger charge is 1.98. The van der Waals surface area contributed by atoms with Crippen LogP contribution in [0.1, 0.15) is 0 Å². The predicted molar refractivity (Wildman–Crippen MR) is 57.7 cm³/mol. The largest absolute Gasteiger partial charge is 0.296 e. The van der Waals surface area contributed by atoms with Crippen molar-refractivity contribution in [3.8, 4) is 0 Å². The van der Waals surface area contributed by atoms with Crippen molar-refractivity contribution >= 4 is 29.0 Å². The Labute approximate surface area is 86.8 Å². The van der Waals surface area contributed by atoms with Crippen LogP contribution in [-0.2, 0) is 0 Å². The van der Waals surface area contributed by atoms with Crippen molar-refractivity contribution in [2.45, 2.75) is 0 Å². The van der Waals surface area contributed by atoms with Crippen LogP contribution in [0.25, 0.3) is 16.6 Å². The summed E-state index contributed by atoms with van der Waals surface area (Å²) in [5.74, 6) is 0. The minimum absolute atomic E-state index is 0. The van der Waals surface area contributed by atoms with Crippen LogP contribution in [0.4, 0.5) is 0 Å². The van der Waals surface area contributed by atoms with Gasteiger partial charge in [0.1, 0.15) is 0 Å². The average molecular weight is 206 g/mol. The van der Waals surface area contributed by atoms with E-state index in [0.29, 0.717) is 0 Å². The molecule has 0 saturated heterocycles. The minimum atomic E-state index is 0. The average Bonchev–Trinajstić information content (AvgIpc) is 2.65. The molecule has 2 aromatic heterocycles. The first-order chi connectivity index (χ1) is 6.45. The second-order valence-electron chi connectivity index (χ2n) is 2.94. The van der Waals surface area contributed by atoms with Gasteiger partial charge in [-0.05, 0) is 12.1 Å².